The van der Waals surface area contributed by atoms with Gasteiger partial charge in [0.1, 0.15) is 0 Å². The van der Waals surface area contributed by atoms with Gasteiger partial charge in [-0.25, -0.2) is 0 Å². The van der Waals surface area contributed by atoms with E-state index in [1.165, 1.54) is 0 Å². The fourth-order valence-corrected chi connectivity index (χ4v) is 2.40. The number of esters is 1. The van der Waals surface area contributed by atoms with Gasteiger partial charge < -0.3 is 10.1 Å². The Bertz CT molecular complexity index is 503. The highest BCUT2D eigenvalue weighted by Crippen LogP contribution is 2.34. The molecule has 1 fully saturated rings. The molecule has 102 valence electrons. The van der Waals surface area contributed by atoms with Crippen LogP contribution in [0.15, 0.2) is 24.3 Å². The Balaban J connectivity index is 2.30. The third-order valence-corrected chi connectivity index (χ3v) is 3.37. The maximum absolute atomic E-state index is 11.8. The quantitative estimate of drug-likeness (QED) is 0.862. The smallest absolute Gasteiger partial charge is 0.306 e. The van der Waals surface area contributed by atoms with Gasteiger partial charge in [0, 0.05) is 11.4 Å². The summed E-state index contributed by atoms with van der Waals surface area (Å²) in [5, 5.41) is 3.27. The number of halogens is 1. The van der Waals surface area contributed by atoms with Gasteiger partial charge in [0.2, 0.25) is 5.91 Å². The number of carbonyl (C=O) groups excluding carboxylic acids is 2. The number of benzene rings is 1. The van der Waals surface area contributed by atoms with Crippen molar-refractivity contribution in [2.24, 2.45) is 0 Å². The number of amides is 1. The van der Waals surface area contributed by atoms with Crippen molar-refractivity contribution in [3.8, 4) is 0 Å². The Morgan fingerprint density at radius 2 is 2.32 bits per heavy atom. The number of hydrogen-bond acceptors (Lipinski definition) is 3. The third kappa shape index (κ3) is 3.07. The van der Waals surface area contributed by atoms with Gasteiger partial charge in [-0.05, 0) is 24.1 Å². The van der Waals surface area contributed by atoms with Crippen LogP contribution in [0.2, 0.25) is 5.02 Å². The predicted octanol–water partition coefficient (Wildman–Crippen LogP) is 2.40. The molecule has 1 unspecified atom stereocenters. The zero-order chi connectivity index (χ0) is 13.9. The van der Waals surface area contributed by atoms with E-state index in [-0.39, 0.29) is 18.3 Å². The summed E-state index contributed by atoms with van der Waals surface area (Å²) in [7, 11) is 0. The van der Waals surface area contributed by atoms with Crippen molar-refractivity contribution in [1.82, 2.24) is 5.32 Å². The summed E-state index contributed by atoms with van der Waals surface area (Å²) in [4.78, 5) is 23.3. The molecular formula is C14H16ClNO3. The lowest BCUT2D eigenvalue weighted by Gasteiger charge is -2.28. The van der Waals surface area contributed by atoms with Gasteiger partial charge >= 0.3 is 5.97 Å². The third-order valence-electron chi connectivity index (χ3n) is 3.13. The molecule has 0 bridgehead atoms. The zero-order valence-electron chi connectivity index (χ0n) is 10.7. The molecule has 1 aromatic carbocycles. The summed E-state index contributed by atoms with van der Waals surface area (Å²) in [6, 6.07) is 7.10. The minimum Gasteiger partial charge on any atom is -0.452 e. The number of hydrogen-bond donors (Lipinski definition) is 1. The highest BCUT2D eigenvalue weighted by atomic mass is 35.5. The predicted molar refractivity (Wildman–Crippen MR) is 71.8 cm³/mol. The topological polar surface area (TPSA) is 55.4 Å². The van der Waals surface area contributed by atoms with E-state index >= 15 is 0 Å². The second-order valence-electron chi connectivity index (χ2n) is 4.68. The van der Waals surface area contributed by atoms with Crippen molar-refractivity contribution in [2.75, 3.05) is 6.54 Å². The van der Waals surface area contributed by atoms with Crippen molar-refractivity contribution in [2.45, 2.75) is 31.8 Å². The molecule has 4 nitrogen and oxygen atoms in total. The maximum atomic E-state index is 11.8. The summed E-state index contributed by atoms with van der Waals surface area (Å²) in [5.41, 5.74) is -0.170. The summed E-state index contributed by atoms with van der Waals surface area (Å²) in [6.07, 6.45) is 1.20. The Morgan fingerprint density at radius 1 is 1.53 bits per heavy atom. The van der Waals surface area contributed by atoms with Crippen LogP contribution in [0, 0.1) is 0 Å². The Labute approximate surface area is 117 Å². The summed E-state index contributed by atoms with van der Waals surface area (Å²) in [5.74, 6) is -0.414. The van der Waals surface area contributed by atoms with Crippen LogP contribution in [0.3, 0.4) is 0 Å². The van der Waals surface area contributed by atoms with Crippen molar-refractivity contribution < 1.29 is 14.3 Å². The Kier molecular flexibility index (Phi) is 4.10. The van der Waals surface area contributed by atoms with Gasteiger partial charge in [0.25, 0.3) is 0 Å². The van der Waals surface area contributed by atoms with Crippen molar-refractivity contribution >= 4 is 23.5 Å². The minimum absolute atomic E-state index is 0.121. The highest BCUT2D eigenvalue weighted by molar-refractivity contribution is 6.30. The Morgan fingerprint density at radius 3 is 2.89 bits per heavy atom. The van der Waals surface area contributed by atoms with E-state index in [1.807, 2.05) is 13.0 Å². The standard InChI is InChI=1S/C14H16ClNO3/c1-2-4-13(18)19-14(8-12(17)16-9-14)10-5-3-6-11(15)7-10/h3,5-7H,2,4,8-9H2,1H3,(H,16,17). The van der Waals surface area contributed by atoms with Crippen LogP contribution in [0.4, 0.5) is 0 Å². The summed E-state index contributed by atoms with van der Waals surface area (Å²) >= 11 is 5.97. The molecule has 1 aliphatic heterocycles. The van der Waals surface area contributed by atoms with Crippen LogP contribution < -0.4 is 5.32 Å². The summed E-state index contributed by atoms with van der Waals surface area (Å²) < 4.78 is 5.57. The van der Waals surface area contributed by atoms with Gasteiger partial charge in [-0.1, -0.05) is 30.7 Å². The molecule has 1 heterocycles. The first-order valence-electron chi connectivity index (χ1n) is 6.30. The van der Waals surface area contributed by atoms with Crippen molar-refractivity contribution in [3.05, 3.63) is 34.9 Å². The second-order valence-corrected chi connectivity index (χ2v) is 5.12. The number of rotatable bonds is 4. The molecule has 0 spiro atoms. The average molecular weight is 282 g/mol. The molecule has 1 saturated heterocycles. The van der Waals surface area contributed by atoms with Crippen LogP contribution in [-0.2, 0) is 19.9 Å². The number of ether oxygens (including phenoxy) is 1. The van der Waals surface area contributed by atoms with Crippen LogP contribution in [0.25, 0.3) is 0 Å². The lowest BCUT2D eigenvalue weighted by molar-refractivity contribution is -0.159. The fraction of sp³-hybridized carbons (Fsp3) is 0.429. The van der Waals surface area contributed by atoms with Gasteiger partial charge in [-0.15, -0.1) is 0 Å². The lowest BCUT2D eigenvalue weighted by Crippen LogP contribution is -2.34. The minimum atomic E-state index is -0.922. The molecular weight excluding hydrogens is 266 g/mol. The average Bonchev–Trinajstić information content (AvgIpc) is 2.72. The monoisotopic (exact) mass is 281 g/mol. The van der Waals surface area contributed by atoms with E-state index in [9.17, 15) is 9.59 Å². The van der Waals surface area contributed by atoms with Gasteiger partial charge in [-0.2, -0.15) is 0 Å². The van der Waals surface area contributed by atoms with Gasteiger partial charge in [-0.3, -0.25) is 9.59 Å². The first-order valence-corrected chi connectivity index (χ1v) is 6.68. The number of nitrogens with one attached hydrogen (secondary N) is 1. The number of carbonyl (C=O) groups is 2. The molecule has 0 aromatic heterocycles. The molecule has 2 rings (SSSR count). The van der Waals surface area contributed by atoms with E-state index in [2.05, 4.69) is 5.32 Å². The van der Waals surface area contributed by atoms with E-state index in [1.54, 1.807) is 18.2 Å². The molecule has 0 saturated carbocycles. The van der Waals surface area contributed by atoms with Crippen LogP contribution >= 0.6 is 11.6 Å². The molecule has 1 amide bonds. The maximum Gasteiger partial charge on any atom is 0.306 e. The first kappa shape index (κ1) is 13.9. The van der Waals surface area contributed by atoms with E-state index in [0.717, 1.165) is 5.56 Å². The second kappa shape index (κ2) is 5.61. The lowest BCUT2D eigenvalue weighted by atomic mass is 9.92. The van der Waals surface area contributed by atoms with E-state index < -0.39 is 5.60 Å². The Hall–Kier alpha value is -1.55. The normalized spacial score (nSPS) is 22.1. The fourth-order valence-electron chi connectivity index (χ4n) is 2.21. The largest absolute Gasteiger partial charge is 0.452 e. The summed E-state index contributed by atoms with van der Waals surface area (Å²) in [6.45, 7) is 2.20. The first-order chi connectivity index (χ1) is 9.05. The molecule has 1 atom stereocenters. The van der Waals surface area contributed by atoms with E-state index in [4.69, 9.17) is 16.3 Å². The molecule has 1 N–H and O–H groups in total. The van der Waals surface area contributed by atoms with Crippen LogP contribution in [0.5, 0.6) is 0 Å². The van der Waals surface area contributed by atoms with Gasteiger partial charge in [0.15, 0.2) is 5.60 Å². The van der Waals surface area contributed by atoms with Crippen LogP contribution in [-0.4, -0.2) is 18.4 Å². The molecule has 19 heavy (non-hydrogen) atoms. The van der Waals surface area contributed by atoms with Crippen molar-refractivity contribution in [1.29, 1.82) is 0 Å². The molecule has 5 heteroatoms. The van der Waals surface area contributed by atoms with Crippen LogP contribution in [0.1, 0.15) is 31.7 Å². The molecule has 1 aliphatic rings. The highest BCUT2D eigenvalue weighted by Gasteiger charge is 2.43. The zero-order valence-corrected chi connectivity index (χ0v) is 11.5. The molecule has 0 radical (unpaired) electrons. The SMILES string of the molecule is CCCC(=O)OC1(c2cccc(Cl)c2)CNC(=O)C1. The van der Waals surface area contributed by atoms with Crippen molar-refractivity contribution in [3.63, 3.8) is 0 Å². The molecule has 1 aromatic rings. The van der Waals surface area contributed by atoms with Gasteiger partial charge in [0.05, 0.1) is 13.0 Å². The van der Waals surface area contributed by atoms with E-state index in [0.29, 0.717) is 24.4 Å². The molecule has 0 aliphatic carbocycles.